The van der Waals surface area contributed by atoms with Gasteiger partial charge in [0, 0.05) is 26.2 Å². The van der Waals surface area contributed by atoms with Crippen LogP contribution in [0, 0.1) is 5.82 Å². The van der Waals surface area contributed by atoms with E-state index >= 15 is 0 Å². The Balaban J connectivity index is 1.85. The number of halogens is 1. The zero-order valence-corrected chi connectivity index (χ0v) is 12.3. The molecule has 0 spiro atoms. The first-order chi connectivity index (χ1) is 9.96. The lowest BCUT2D eigenvalue weighted by atomic mass is 10.2. The van der Waals surface area contributed by atoms with Gasteiger partial charge in [-0.25, -0.2) is 17.5 Å². The largest absolute Gasteiger partial charge is 0.339 e. The molecule has 0 aromatic heterocycles. The Labute approximate surface area is 123 Å². The number of carbonyl (C=O) groups is 1. The van der Waals surface area contributed by atoms with E-state index in [4.69, 9.17) is 0 Å². The second-order valence-electron chi connectivity index (χ2n) is 4.84. The Morgan fingerprint density at radius 1 is 1.24 bits per heavy atom. The van der Waals surface area contributed by atoms with Gasteiger partial charge in [0.15, 0.2) is 0 Å². The molecule has 1 aromatic carbocycles. The summed E-state index contributed by atoms with van der Waals surface area (Å²) in [6.07, 6.45) is 0. The lowest BCUT2D eigenvalue weighted by Gasteiger charge is -2.27. The van der Waals surface area contributed by atoms with Crippen LogP contribution in [0.15, 0.2) is 24.3 Å². The third kappa shape index (κ3) is 5.07. The van der Waals surface area contributed by atoms with Gasteiger partial charge in [-0.2, -0.15) is 0 Å². The first-order valence-electron chi connectivity index (χ1n) is 6.66. The first-order valence-corrected chi connectivity index (χ1v) is 8.32. The molecular weight excluding hydrogens is 297 g/mol. The number of benzene rings is 1. The SMILES string of the molecule is O=C(CNS(=O)(=O)Cc1ccc(F)cc1)N1CCNCC1. The topological polar surface area (TPSA) is 78.5 Å². The highest BCUT2D eigenvalue weighted by Crippen LogP contribution is 2.06. The molecule has 8 heteroatoms. The molecule has 6 nitrogen and oxygen atoms in total. The molecule has 0 radical (unpaired) electrons. The number of hydrogen-bond donors (Lipinski definition) is 2. The summed E-state index contributed by atoms with van der Waals surface area (Å²) < 4.78 is 38.8. The number of nitrogens with one attached hydrogen (secondary N) is 2. The number of carbonyl (C=O) groups excluding carboxylic acids is 1. The van der Waals surface area contributed by atoms with Crippen LogP contribution in [0.3, 0.4) is 0 Å². The Bertz CT molecular complexity index is 583. The van der Waals surface area contributed by atoms with Crippen LogP contribution in [0.4, 0.5) is 4.39 Å². The molecular formula is C13H18FN3O3S. The fraction of sp³-hybridized carbons (Fsp3) is 0.462. The lowest BCUT2D eigenvalue weighted by molar-refractivity contribution is -0.130. The van der Waals surface area contributed by atoms with E-state index < -0.39 is 15.8 Å². The van der Waals surface area contributed by atoms with Crippen molar-refractivity contribution in [2.75, 3.05) is 32.7 Å². The van der Waals surface area contributed by atoms with Gasteiger partial charge < -0.3 is 10.2 Å². The molecule has 0 aliphatic carbocycles. The van der Waals surface area contributed by atoms with Crippen molar-refractivity contribution in [1.82, 2.24) is 14.9 Å². The van der Waals surface area contributed by atoms with Gasteiger partial charge in [-0.3, -0.25) is 4.79 Å². The van der Waals surface area contributed by atoms with Crippen molar-refractivity contribution in [3.63, 3.8) is 0 Å². The van der Waals surface area contributed by atoms with Gasteiger partial charge in [-0.1, -0.05) is 12.1 Å². The third-order valence-corrected chi connectivity index (χ3v) is 4.48. The number of sulfonamides is 1. The Morgan fingerprint density at radius 3 is 2.48 bits per heavy atom. The highest BCUT2D eigenvalue weighted by atomic mass is 32.2. The van der Waals surface area contributed by atoms with Crippen molar-refractivity contribution in [3.8, 4) is 0 Å². The number of hydrogen-bond acceptors (Lipinski definition) is 4. The van der Waals surface area contributed by atoms with E-state index in [1.807, 2.05) is 0 Å². The molecule has 0 unspecified atom stereocenters. The van der Waals surface area contributed by atoms with Gasteiger partial charge >= 0.3 is 0 Å². The molecule has 1 fully saturated rings. The molecule has 1 aliphatic rings. The minimum atomic E-state index is -3.62. The zero-order valence-electron chi connectivity index (χ0n) is 11.5. The summed E-state index contributed by atoms with van der Waals surface area (Å²) in [5, 5.41) is 3.12. The third-order valence-electron chi connectivity index (χ3n) is 3.18. The van der Waals surface area contributed by atoms with E-state index in [1.165, 1.54) is 24.3 Å². The van der Waals surface area contributed by atoms with Crippen molar-refractivity contribution in [2.45, 2.75) is 5.75 Å². The quantitative estimate of drug-likeness (QED) is 0.780. The highest BCUT2D eigenvalue weighted by molar-refractivity contribution is 7.88. The molecule has 116 valence electrons. The molecule has 2 N–H and O–H groups in total. The van der Waals surface area contributed by atoms with E-state index in [0.29, 0.717) is 31.7 Å². The summed E-state index contributed by atoms with van der Waals surface area (Å²) in [6.45, 7) is 2.35. The number of piperazine rings is 1. The summed E-state index contributed by atoms with van der Waals surface area (Å²) in [5.74, 6) is -0.931. The number of amides is 1. The van der Waals surface area contributed by atoms with E-state index in [1.54, 1.807) is 4.90 Å². The minimum Gasteiger partial charge on any atom is -0.339 e. The zero-order chi connectivity index (χ0) is 15.3. The van der Waals surface area contributed by atoms with E-state index in [9.17, 15) is 17.6 Å². The van der Waals surface area contributed by atoms with Gasteiger partial charge in [0.2, 0.25) is 15.9 Å². The normalized spacial score (nSPS) is 16.0. The van der Waals surface area contributed by atoms with Crippen LogP contribution in [0.5, 0.6) is 0 Å². The second-order valence-corrected chi connectivity index (χ2v) is 6.64. The van der Waals surface area contributed by atoms with Crippen molar-refractivity contribution >= 4 is 15.9 Å². The van der Waals surface area contributed by atoms with Gasteiger partial charge in [0.05, 0.1) is 12.3 Å². The molecule has 0 saturated carbocycles. The maximum Gasteiger partial charge on any atom is 0.237 e. The molecule has 1 saturated heterocycles. The lowest BCUT2D eigenvalue weighted by Crippen LogP contribution is -2.49. The Morgan fingerprint density at radius 2 is 1.86 bits per heavy atom. The average Bonchev–Trinajstić information content (AvgIpc) is 2.48. The van der Waals surface area contributed by atoms with E-state index in [0.717, 1.165) is 0 Å². The summed E-state index contributed by atoms with van der Waals surface area (Å²) in [7, 11) is -3.62. The van der Waals surface area contributed by atoms with Crippen LogP contribution in [-0.4, -0.2) is 51.9 Å². The summed E-state index contributed by atoms with van der Waals surface area (Å²) >= 11 is 0. The second kappa shape index (κ2) is 6.97. The molecule has 2 rings (SSSR count). The minimum absolute atomic E-state index is 0.237. The maximum absolute atomic E-state index is 12.8. The van der Waals surface area contributed by atoms with Gasteiger partial charge in [0.25, 0.3) is 0 Å². The van der Waals surface area contributed by atoms with Crippen LogP contribution >= 0.6 is 0 Å². The smallest absolute Gasteiger partial charge is 0.237 e. The van der Waals surface area contributed by atoms with E-state index in [2.05, 4.69) is 10.0 Å². The standard InChI is InChI=1S/C13H18FN3O3S/c14-12-3-1-11(2-4-12)10-21(19,20)16-9-13(18)17-7-5-15-6-8-17/h1-4,15-16H,5-10H2. The molecule has 0 bridgehead atoms. The summed E-state index contributed by atoms with van der Waals surface area (Å²) in [6, 6.07) is 5.23. The summed E-state index contributed by atoms with van der Waals surface area (Å²) in [5.41, 5.74) is 0.471. The highest BCUT2D eigenvalue weighted by Gasteiger charge is 2.19. The van der Waals surface area contributed by atoms with Gasteiger partial charge in [-0.15, -0.1) is 0 Å². The Kier molecular flexibility index (Phi) is 5.27. The van der Waals surface area contributed by atoms with Crippen molar-refractivity contribution in [1.29, 1.82) is 0 Å². The van der Waals surface area contributed by atoms with Crippen LogP contribution in [0.25, 0.3) is 0 Å². The fourth-order valence-electron chi connectivity index (χ4n) is 2.05. The first kappa shape index (κ1) is 15.9. The molecule has 21 heavy (non-hydrogen) atoms. The number of rotatable bonds is 5. The van der Waals surface area contributed by atoms with Crippen LogP contribution in [-0.2, 0) is 20.6 Å². The van der Waals surface area contributed by atoms with Gasteiger partial charge in [0.1, 0.15) is 5.82 Å². The predicted octanol–water partition coefficient (Wildman–Crippen LogP) is -0.323. The van der Waals surface area contributed by atoms with Crippen LogP contribution in [0.1, 0.15) is 5.56 Å². The van der Waals surface area contributed by atoms with E-state index in [-0.39, 0.29) is 18.2 Å². The molecule has 1 amide bonds. The van der Waals surface area contributed by atoms with Gasteiger partial charge in [-0.05, 0) is 17.7 Å². The average molecular weight is 315 g/mol. The number of nitrogens with zero attached hydrogens (tertiary/aromatic N) is 1. The van der Waals surface area contributed by atoms with Crippen molar-refractivity contribution in [3.05, 3.63) is 35.6 Å². The predicted molar refractivity (Wildman–Crippen MR) is 76.5 cm³/mol. The molecule has 1 heterocycles. The van der Waals surface area contributed by atoms with Crippen molar-refractivity contribution < 1.29 is 17.6 Å². The van der Waals surface area contributed by atoms with Crippen LogP contribution < -0.4 is 10.0 Å². The monoisotopic (exact) mass is 315 g/mol. The Hall–Kier alpha value is -1.51. The molecule has 0 atom stereocenters. The molecule has 1 aliphatic heterocycles. The summed E-state index contributed by atoms with van der Waals surface area (Å²) in [4.78, 5) is 13.5. The molecule has 1 aromatic rings. The van der Waals surface area contributed by atoms with Crippen LogP contribution in [0.2, 0.25) is 0 Å². The van der Waals surface area contributed by atoms with Crippen molar-refractivity contribution in [2.24, 2.45) is 0 Å². The maximum atomic E-state index is 12.8. The fourth-order valence-corrected chi connectivity index (χ4v) is 3.13.